The van der Waals surface area contributed by atoms with Crippen molar-refractivity contribution in [3.63, 3.8) is 0 Å². The van der Waals surface area contributed by atoms with Gasteiger partial charge in [0.25, 0.3) is 0 Å². The molecule has 0 amide bonds. The summed E-state index contributed by atoms with van der Waals surface area (Å²) in [6, 6.07) is 6.29. The smallest absolute Gasteiger partial charge is 0.121 e. The van der Waals surface area contributed by atoms with Gasteiger partial charge in [0, 0.05) is 23.5 Å². The number of furan rings is 1. The molecule has 4 heteroatoms. The second-order valence-corrected chi connectivity index (χ2v) is 5.17. The molecule has 0 aliphatic heterocycles. The van der Waals surface area contributed by atoms with E-state index < -0.39 is 0 Å². The minimum absolute atomic E-state index is 0.473. The average molecular weight is 250 g/mol. The van der Waals surface area contributed by atoms with E-state index in [0.717, 1.165) is 25.3 Å². The van der Waals surface area contributed by atoms with Crippen molar-refractivity contribution in [2.24, 2.45) is 5.73 Å². The van der Waals surface area contributed by atoms with Crippen molar-refractivity contribution in [1.82, 2.24) is 4.90 Å². The molecule has 0 saturated carbocycles. The lowest BCUT2D eigenvalue weighted by Crippen LogP contribution is -2.21. The van der Waals surface area contributed by atoms with E-state index in [2.05, 4.69) is 29.5 Å². The lowest BCUT2D eigenvalue weighted by molar-refractivity contribution is 0.328. The molecule has 0 aliphatic rings. The van der Waals surface area contributed by atoms with Gasteiger partial charge in [-0.05, 0) is 31.0 Å². The third-order valence-corrected chi connectivity index (χ3v) is 3.72. The molecule has 0 saturated heterocycles. The number of nitrogens with zero attached hydrogens (tertiary/aromatic N) is 1. The van der Waals surface area contributed by atoms with Crippen LogP contribution in [0.5, 0.6) is 0 Å². The van der Waals surface area contributed by atoms with Crippen LogP contribution in [-0.2, 0) is 19.5 Å². The van der Waals surface area contributed by atoms with Crippen molar-refractivity contribution in [3.8, 4) is 0 Å². The van der Waals surface area contributed by atoms with E-state index in [1.54, 1.807) is 6.26 Å². The first-order chi connectivity index (χ1) is 8.29. The van der Waals surface area contributed by atoms with Gasteiger partial charge in [0.15, 0.2) is 0 Å². The molecule has 92 valence electrons. The standard InChI is InChI=1S/C13H18N2OS/c1-15(6-4-12-3-2-8-17-12)10-11-5-7-16-13(11)9-14/h2-3,5,7-8H,4,6,9-10,14H2,1H3. The third kappa shape index (κ3) is 3.43. The topological polar surface area (TPSA) is 42.4 Å². The molecule has 2 rings (SSSR count). The van der Waals surface area contributed by atoms with E-state index >= 15 is 0 Å². The molecule has 0 fully saturated rings. The second kappa shape index (κ2) is 6.00. The number of rotatable bonds is 6. The summed E-state index contributed by atoms with van der Waals surface area (Å²) in [6.07, 6.45) is 2.81. The van der Waals surface area contributed by atoms with Gasteiger partial charge < -0.3 is 15.1 Å². The van der Waals surface area contributed by atoms with Crippen LogP contribution in [0.1, 0.15) is 16.2 Å². The zero-order chi connectivity index (χ0) is 12.1. The van der Waals surface area contributed by atoms with Crippen LogP contribution in [0.3, 0.4) is 0 Å². The van der Waals surface area contributed by atoms with Crippen molar-refractivity contribution < 1.29 is 4.42 Å². The van der Waals surface area contributed by atoms with Gasteiger partial charge in [-0.2, -0.15) is 0 Å². The molecule has 3 nitrogen and oxygen atoms in total. The van der Waals surface area contributed by atoms with Crippen molar-refractivity contribution in [1.29, 1.82) is 0 Å². The van der Waals surface area contributed by atoms with Crippen LogP contribution in [0, 0.1) is 0 Å². The summed E-state index contributed by atoms with van der Waals surface area (Å²) >= 11 is 1.82. The predicted octanol–water partition coefficient (Wildman–Crippen LogP) is 2.47. The average Bonchev–Trinajstić information content (AvgIpc) is 2.97. The zero-order valence-corrected chi connectivity index (χ0v) is 10.9. The summed E-state index contributed by atoms with van der Waals surface area (Å²) in [7, 11) is 2.13. The van der Waals surface area contributed by atoms with E-state index in [1.807, 2.05) is 17.4 Å². The van der Waals surface area contributed by atoms with E-state index in [-0.39, 0.29) is 0 Å². The fourth-order valence-corrected chi connectivity index (χ4v) is 2.51. The van der Waals surface area contributed by atoms with Gasteiger partial charge in [0.05, 0.1) is 12.8 Å². The molecule has 2 aromatic heterocycles. The van der Waals surface area contributed by atoms with Crippen molar-refractivity contribution >= 4 is 11.3 Å². The van der Waals surface area contributed by atoms with Crippen molar-refractivity contribution in [3.05, 3.63) is 46.0 Å². The molecule has 2 aromatic rings. The summed E-state index contributed by atoms with van der Waals surface area (Å²) < 4.78 is 5.32. The Morgan fingerprint density at radius 3 is 3.00 bits per heavy atom. The maximum absolute atomic E-state index is 5.61. The van der Waals surface area contributed by atoms with Crippen molar-refractivity contribution in [2.45, 2.75) is 19.5 Å². The summed E-state index contributed by atoms with van der Waals surface area (Å²) in [6.45, 7) is 2.42. The molecule has 0 aromatic carbocycles. The van der Waals surface area contributed by atoms with Gasteiger partial charge in [-0.15, -0.1) is 11.3 Å². The van der Waals surface area contributed by atoms with E-state index in [9.17, 15) is 0 Å². The van der Waals surface area contributed by atoms with Crippen LogP contribution >= 0.6 is 11.3 Å². The van der Waals surface area contributed by atoms with Gasteiger partial charge in [-0.3, -0.25) is 0 Å². The van der Waals surface area contributed by atoms with Gasteiger partial charge in [0.2, 0.25) is 0 Å². The molecule has 0 bridgehead atoms. The Morgan fingerprint density at radius 2 is 2.29 bits per heavy atom. The van der Waals surface area contributed by atoms with Gasteiger partial charge >= 0.3 is 0 Å². The molecule has 2 N–H and O–H groups in total. The number of likely N-dealkylation sites (N-methyl/N-ethyl adjacent to an activating group) is 1. The molecule has 0 spiro atoms. The Kier molecular flexibility index (Phi) is 4.36. The Bertz CT molecular complexity index is 436. The quantitative estimate of drug-likeness (QED) is 0.856. The molecule has 2 heterocycles. The van der Waals surface area contributed by atoms with Gasteiger partial charge in [-0.1, -0.05) is 6.07 Å². The number of thiophene rings is 1. The lowest BCUT2D eigenvalue weighted by Gasteiger charge is -2.15. The lowest BCUT2D eigenvalue weighted by atomic mass is 10.2. The fourth-order valence-electron chi connectivity index (χ4n) is 1.81. The maximum Gasteiger partial charge on any atom is 0.121 e. The summed E-state index contributed by atoms with van der Waals surface area (Å²) in [4.78, 5) is 3.73. The van der Waals surface area contributed by atoms with Crippen LogP contribution in [0.2, 0.25) is 0 Å². The van der Waals surface area contributed by atoms with E-state index in [4.69, 9.17) is 10.2 Å². The minimum Gasteiger partial charge on any atom is -0.468 e. The van der Waals surface area contributed by atoms with Crippen LogP contribution in [-0.4, -0.2) is 18.5 Å². The minimum atomic E-state index is 0.473. The molecule has 0 aliphatic carbocycles. The van der Waals surface area contributed by atoms with Gasteiger partial charge in [-0.25, -0.2) is 0 Å². The SMILES string of the molecule is CN(CCc1cccs1)Cc1ccoc1CN. The van der Waals surface area contributed by atoms with Crippen LogP contribution in [0.15, 0.2) is 34.3 Å². The van der Waals surface area contributed by atoms with Gasteiger partial charge in [0.1, 0.15) is 5.76 Å². The van der Waals surface area contributed by atoms with Crippen LogP contribution in [0.25, 0.3) is 0 Å². The fraction of sp³-hybridized carbons (Fsp3) is 0.385. The summed E-state index contributed by atoms with van der Waals surface area (Å²) in [5.41, 5.74) is 6.81. The molecule has 0 atom stereocenters. The summed E-state index contributed by atoms with van der Waals surface area (Å²) in [5, 5.41) is 2.12. The third-order valence-electron chi connectivity index (χ3n) is 2.78. The normalized spacial score (nSPS) is 11.2. The van der Waals surface area contributed by atoms with E-state index in [1.165, 1.54) is 10.4 Å². The largest absolute Gasteiger partial charge is 0.468 e. The van der Waals surface area contributed by atoms with Crippen molar-refractivity contribution in [2.75, 3.05) is 13.6 Å². The Balaban J connectivity index is 1.83. The first-order valence-electron chi connectivity index (χ1n) is 5.76. The molecule has 0 radical (unpaired) electrons. The monoisotopic (exact) mass is 250 g/mol. The highest BCUT2D eigenvalue weighted by Gasteiger charge is 2.07. The zero-order valence-electron chi connectivity index (χ0n) is 10.1. The molecule has 0 unspecified atom stereocenters. The second-order valence-electron chi connectivity index (χ2n) is 4.14. The molecular formula is C13H18N2OS. The first kappa shape index (κ1) is 12.4. The first-order valence-corrected chi connectivity index (χ1v) is 6.64. The highest BCUT2D eigenvalue weighted by molar-refractivity contribution is 7.09. The summed E-state index contributed by atoms with van der Waals surface area (Å²) in [5.74, 6) is 0.896. The van der Waals surface area contributed by atoms with Crippen LogP contribution < -0.4 is 5.73 Å². The number of hydrogen-bond acceptors (Lipinski definition) is 4. The Labute approximate surface area is 106 Å². The Hall–Kier alpha value is -1.10. The highest BCUT2D eigenvalue weighted by Crippen LogP contribution is 2.13. The number of hydrogen-bond donors (Lipinski definition) is 1. The van der Waals surface area contributed by atoms with Crippen LogP contribution in [0.4, 0.5) is 0 Å². The maximum atomic E-state index is 5.61. The Morgan fingerprint density at radius 1 is 1.41 bits per heavy atom. The number of nitrogens with two attached hydrogens (primary N) is 1. The van der Waals surface area contributed by atoms with E-state index in [0.29, 0.717) is 6.54 Å². The molecular weight excluding hydrogens is 232 g/mol. The highest BCUT2D eigenvalue weighted by atomic mass is 32.1. The molecule has 17 heavy (non-hydrogen) atoms. The predicted molar refractivity (Wildman–Crippen MR) is 71.0 cm³/mol.